The van der Waals surface area contributed by atoms with Gasteiger partial charge in [-0.05, 0) is 36.1 Å². The summed E-state index contributed by atoms with van der Waals surface area (Å²) in [4.78, 5) is 58.4. The van der Waals surface area contributed by atoms with Crippen LogP contribution < -0.4 is 21.3 Å². The van der Waals surface area contributed by atoms with Crippen LogP contribution in [0.4, 0.5) is 4.79 Å². The number of thioether (sulfide) groups is 1. The van der Waals surface area contributed by atoms with E-state index in [0.717, 1.165) is 47.3 Å². The predicted octanol–water partition coefficient (Wildman–Crippen LogP) is 3.52. The number of rotatable bonds is 19. The van der Waals surface area contributed by atoms with Crippen molar-refractivity contribution in [3.05, 3.63) is 107 Å². The Morgan fingerprint density at radius 3 is 2.32 bits per heavy atom. The summed E-state index contributed by atoms with van der Waals surface area (Å²) in [7, 11) is 0. The van der Waals surface area contributed by atoms with Crippen LogP contribution in [0.15, 0.2) is 89.9 Å². The zero-order valence-corrected chi connectivity index (χ0v) is 32.3. The molecule has 4 heterocycles. The molecule has 3 aromatic rings. The van der Waals surface area contributed by atoms with Gasteiger partial charge in [0.2, 0.25) is 17.7 Å². The number of unbranched alkanes of at least 4 members (excludes halogenated alkanes) is 1. The number of nitrogens with one attached hydrogen (secondary N) is 4. The highest BCUT2D eigenvalue weighted by Crippen LogP contribution is 2.46. The molecule has 5 atom stereocenters. The van der Waals surface area contributed by atoms with Crippen LogP contribution in [0.25, 0.3) is 0 Å². The minimum absolute atomic E-state index is 0.00637. The minimum Gasteiger partial charge on any atom is -0.466 e. The molecule has 14 heteroatoms. The first-order valence-electron chi connectivity index (χ1n) is 19.5. The highest BCUT2D eigenvalue weighted by Gasteiger charge is 2.57. The summed E-state index contributed by atoms with van der Waals surface area (Å²) in [5.41, 5.74) is 2.22. The summed E-state index contributed by atoms with van der Waals surface area (Å²) in [5, 5.41) is 12.2. The molecule has 0 bridgehead atoms. The molecule has 0 saturated carbocycles. The average molecular weight is 783 g/mol. The fourth-order valence-electron chi connectivity index (χ4n) is 7.84. The molecule has 4 aliphatic heterocycles. The maximum Gasteiger partial charge on any atom is 0.315 e. The fraction of sp³-hybridized carbons (Fsp3) is 0.452. The van der Waals surface area contributed by atoms with Gasteiger partial charge in [0.05, 0.1) is 45.1 Å². The van der Waals surface area contributed by atoms with Gasteiger partial charge in [0, 0.05) is 54.6 Å². The number of fused-ring (bicyclic) bond motifs is 4. The first kappa shape index (κ1) is 39.3. The second-order valence-corrected chi connectivity index (χ2v) is 15.8. The number of aliphatic imine (C=N–C) groups is 1. The lowest BCUT2D eigenvalue weighted by Crippen LogP contribution is -2.52. The summed E-state index contributed by atoms with van der Waals surface area (Å²) < 4.78 is 17.8. The van der Waals surface area contributed by atoms with Crippen LogP contribution in [-0.4, -0.2) is 109 Å². The molecule has 2 fully saturated rings. The molecular formula is C42H50N6O7S. The molecule has 5 amide bonds. The number of ether oxygens (including phenoxy) is 3. The summed E-state index contributed by atoms with van der Waals surface area (Å²) in [6, 6.07) is 27.6. The Bertz CT molecular complexity index is 1870. The number of nitrogens with zero attached hydrogens (tertiary/aromatic N) is 2. The first-order chi connectivity index (χ1) is 27.4. The Kier molecular flexibility index (Phi) is 13.2. The zero-order valence-electron chi connectivity index (χ0n) is 31.5. The van der Waals surface area contributed by atoms with Gasteiger partial charge in [-0.1, -0.05) is 79.2 Å². The molecule has 7 rings (SSSR count). The Labute approximate surface area is 331 Å². The van der Waals surface area contributed by atoms with Crippen molar-refractivity contribution < 1.29 is 33.4 Å². The Morgan fingerprint density at radius 1 is 0.857 bits per heavy atom. The lowest BCUT2D eigenvalue weighted by atomic mass is 9.81. The van der Waals surface area contributed by atoms with Crippen molar-refractivity contribution in [3.63, 3.8) is 0 Å². The summed E-state index contributed by atoms with van der Waals surface area (Å²) >= 11 is 1.89. The average Bonchev–Trinajstić information content (AvgIpc) is 3.89. The molecular weight excluding hydrogens is 733 g/mol. The van der Waals surface area contributed by atoms with Crippen LogP contribution >= 0.6 is 11.8 Å². The Balaban J connectivity index is 0.823. The molecule has 0 aliphatic carbocycles. The first-order valence-corrected chi connectivity index (χ1v) is 20.5. The van der Waals surface area contributed by atoms with Gasteiger partial charge < -0.3 is 40.4 Å². The van der Waals surface area contributed by atoms with E-state index in [1.54, 1.807) is 4.90 Å². The lowest BCUT2D eigenvalue weighted by molar-refractivity contribution is -0.143. The van der Waals surface area contributed by atoms with Crippen molar-refractivity contribution >= 4 is 41.4 Å². The highest BCUT2D eigenvalue weighted by atomic mass is 32.2. The van der Waals surface area contributed by atoms with Crippen LogP contribution in [0.2, 0.25) is 0 Å². The molecule has 56 heavy (non-hydrogen) atoms. The largest absolute Gasteiger partial charge is 0.466 e. The van der Waals surface area contributed by atoms with Crippen molar-refractivity contribution in [2.24, 2.45) is 4.99 Å². The minimum atomic E-state index is -1.31. The van der Waals surface area contributed by atoms with E-state index in [9.17, 15) is 19.2 Å². The molecule has 0 spiro atoms. The van der Waals surface area contributed by atoms with E-state index in [4.69, 9.17) is 19.2 Å². The van der Waals surface area contributed by atoms with Crippen molar-refractivity contribution in [1.82, 2.24) is 26.2 Å². The molecule has 3 unspecified atom stereocenters. The number of hydrogen-bond donors (Lipinski definition) is 4. The van der Waals surface area contributed by atoms with Crippen molar-refractivity contribution in [2.45, 2.75) is 67.6 Å². The van der Waals surface area contributed by atoms with Gasteiger partial charge >= 0.3 is 6.03 Å². The van der Waals surface area contributed by atoms with Crippen LogP contribution in [0.5, 0.6) is 0 Å². The van der Waals surface area contributed by atoms with Crippen molar-refractivity contribution in [2.75, 3.05) is 51.8 Å². The van der Waals surface area contributed by atoms with Gasteiger partial charge in [-0.15, -0.1) is 0 Å². The zero-order chi connectivity index (χ0) is 38.7. The van der Waals surface area contributed by atoms with Gasteiger partial charge in [-0.25, -0.2) is 9.79 Å². The van der Waals surface area contributed by atoms with Crippen molar-refractivity contribution in [3.8, 4) is 0 Å². The molecule has 2 saturated heterocycles. The number of carbonyl (C=O) groups is 4. The number of benzene rings is 3. The predicted molar refractivity (Wildman–Crippen MR) is 213 cm³/mol. The standard InChI is InChI=1S/C42H50N6O7S/c49-35(18-10-9-17-34-37-33(28-56-34)45-41(52)46-37)43-19-21-53-23-24-54-22-20-44-36(50)27-48-26-31-15-7-8-16-32(31)38-42(40(48)51,25-29-11-3-1-4-12-29)47-39(55-38)30-13-5-2-6-14-30/h1-8,11-16,33-34,37-38H,9-10,17-28H2,(H,43,49)(H,44,50)(H2,45,46,52)/t33?,34?,37?,38-,42-/m0/s1. The van der Waals surface area contributed by atoms with Crippen LogP contribution in [0.3, 0.4) is 0 Å². The highest BCUT2D eigenvalue weighted by molar-refractivity contribution is 8.00. The normalized spacial score (nSPS) is 23.5. The maximum atomic E-state index is 14.7. The number of amides is 5. The van der Waals surface area contributed by atoms with E-state index in [0.29, 0.717) is 50.4 Å². The van der Waals surface area contributed by atoms with Gasteiger partial charge in [-0.3, -0.25) is 14.4 Å². The number of hydrogen-bond acceptors (Lipinski definition) is 9. The monoisotopic (exact) mass is 782 g/mol. The molecule has 0 radical (unpaired) electrons. The summed E-state index contributed by atoms with van der Waals surface area (Å²) in [6.45, 7) is 2.17. The van der Waals surface area contributed by atoms with Crippen LogP contribution in [0, 0.1) is 0 Å². The Morgan fingerprint density at radius 2 is 1.55 bits per heavy atom. The second-order valence-electron chi connectivity index (χ2n) is 14.5. The molecule has 3 aromatic carbocycles. The molecule has 13 nitrogen and oxygen atoms in total. The Hall–Kier alpha value is -4.92. The quantitative estimate of drug-likeness (QED) is 0.106. The second kappa shape index (κ2) is 18.8. The third-order valence-corrected chi connectivity index (χ3v) is 12.1. The molecule has 0 aromatic heterocycles. The topological polar surface area (TPSA) is 160 Å². The van der Waals surface area contributed by atoms with Crippen LogP contribution in [0.1, 0.15) is 54.0 Å². The number of urea groups is 1. The van der Waals surface area contributed by atoms with E-state index in [1.807, 2.05) is 96.7 Å². The van der Waals surface area contributed by atoms with E-state index in [1.165, 1.54) is 0 Å². The molecule has 4 aliphatic rings. The van der Waals surface area contributed by atoms with Gasteiger partial charge in [-0.2, -0.15) is 11.8 Å². The lowest BCUT2D eigenvalue weighted by Gasteiger charge is -2.32. The molecule has 4 N–H and O–H groups in total. The fourth-order valence-corrected chi connectivity index (χ4v) is 9.38. The van der Waals surface area contributed by atoms with E-state index < -0.39 is 11.6 Å². The summed E-state index contributed by atoms with van der Waals surface area (Å²) in [5.74, 6) is 0.800. The maximum absolute atomic E-state index is 14.7. The van der Waals surface area contributed by atoms with E-state index >= 15 is 0 Å². The van der Waals surface area contributed by atoms with E-state index in [-0.39, 0.29) is 62.1 Å². The van der Waals surface area contributed by atoms with Gasteiger partial charge in [0.15, 0.2) is 11.6 Å². The third-order valence-electron chi connectivity index (χ3n) is 10.6. The van der Waals surface area contributed by atoms with Crippen LogP contribution in [-0.2, 0) is 41.6 Å². The summed E-state index contributed by atoms with van der Waals surface area (Å²) in [6.07, 6.45) is 2.85. The third kappa shape index (κ3) is 9.54. The SMILES string of the molecule is O=C(CCCCC1SCC2NC(=O)NC21)NCCOCCOCCNC(=O)CN1Cc2ccccc2[C@@H]2OC(c3ccccc3)=N[C@]2(Cc2ccccc2)C1=O. The number of carbonyl (C=O) groups excluding carboxylic acids is 4. The van der Waals surface area contributed by atoms with Crippen molar-refractivity contribution in [1.29, 1.82) is 0 Å². The van der Waals surface area contributed by atoms with E-state index in [2.05, 4.69) is 21.3 Å². The van der Waals surface area contributed by atoms with Gasteiger partial charge in [0.1, 0.15) is 0 Å². The smallest absolute Gasteiger partial charge is 0.315 e. The van der Waals surface area contributed by atoms with Gasteiger partial charge in [0.25, 0.3) is 5.91 Å². The molecule has 296 valence electrons.